The molecule has 0 saturated carbocycles. The molecule has 1 aromatic rings. The molecule has 0 aromatic carbocycles. The van der Waals surface area contributed by atoms with Gasteiger partial charge in [0.15, 0.2) is 5.82 Å². The highest BCUT2D eigenvalue weighted by atomic mass is 16.2. The zero-order valence-corrected chi connectivity index (χ0v) is 15.6. The summed E-state index contributed by atoms with van der Waals surface area (Å²) in [4.78, 5) is 19.4. The van der Waals surface area contributed by atoms with Crippen LogP contribution in [0.5, 0.6) is 0 Å². The maximum atomic E-state index is 13.0. The van der Waals surface area contributed by atoms with Gasteiger partial charge in [-0.25, -0.2) is 4.98 Å². The predicted octanol–water partition coefficient (Wildman–Crippen LogP) is 2.72. The third-order valence-electron chi connectivity index (χ3n) is 5.22. The molecule has 3 heterocycles. The van der Waals surface area contributed by atoms with Crippen LogP contribution in [0.15, 0.2) is 0 Å². The quantitative estimate of drug-likeness (QED) is 0.892. The van der Waals surface area contributed by atoms with Gasteiger partial charge in [-0.2, -0.15) is 5.10 Å². The molecule has 134 valence electrons. The van der Waals surface area contributed by atoms with E-state index in [2.05, 4.69) is 48.2 Å². The Bertz CT molecular complexity index is 590. The molecule has 2 fully saturated rings. The van der Waals surface area contributed by atoms with Gasteiger partial charge in [0.05, 0.1) is 6.04 Å². The molecule has 0 aliphatic carbocycles. The lowest BCUT2D eigenvalue weighted by Crippen LogP contribution is -2.58. The molecule has 2 aliphatic heterocycles. The second kappa shape index (κ2) is 6.14. The molecule has 0 radical (unpaired) electrons. The van der Waals surface area contributed by atoms with E-state index in [0.717, 1.165) is 43.9 Å². The van der Waals surface area contributed by atoms with Gasteiger partial charge < -0.3 is 10.2 Å². The predicted molar refractivity (Wildman–Crippen MR) is 93.4 cm³/mol. The number of carbonyl (C=O) groups is 1. The molecule has 1 aromatic heterocycles. The van der Waals surface area contributed by atoms with Crippen molar-refractivity contribution in [1.29, 1.82) is 0 Å². The number of nitrogens with one attached hydrogen (secondary N) is 2. The number of amides is 1. The maximum absolute atomic E-state index is 13.0. The number of likely N-dealkylation sites (tertiary alicyclic amines) is 1. The lowest BCUT2D eigenvalue weighted by atomic mass is 9.74. The van der Waals surface area contributed by atoms with Gasteiger partial charge in [0.25, 0.3) is 0 Å². The molecule has 3 rings (SSSR count). The lowest BCUT2D eigenvalue weighted by Gasteiger charge is -2.46. The van der Waals surface area contributed by atoms with Crippen LogP contribution in [0, 0.1) is 12.8 Å². The molecular weight excluding hydrogens is 302 g/mol. The van der Waals surface area contributed by atoms with E-state index in [-0.39, 0.29) is 23.0 Å². The Labute approximate surface area is 144 Å². The Morgan fingerprint density at radius 2 is 1.92 bits per heavy atom. The number of nitrogens with zero attached hydrogens (tertiary/aromatic N) is 3. The van der Waals surface area contributed by atoms with Gasteiger partial charge in [0, 0.05) is 24.0 Å². The number of aromatic nitrogens is 3. The number of hydrogen-bond donors (Lipinski definition) is 2. The fourth-order valence-corrected chi connectivity index (χ4v) is 4.88. The molecule has 0 bridgehead atoms. The third-order valence-corrected chi connectivity index (χ3v) is 5.22. The van der Waals surface area contributed by atoms with Gasteiger partial charge in [0.1, 0.15) is 5.82 Å². The fourth-order valence-electron chi connectivity index (χ4n) is 4.88. The Morgan fingerprint density at radius 3 is 2.50 bits per heavy atom. The summed E-state index contributed by atoms with van der Waals surface area (Å²) in [5, 5.41) is 10.9. The highest BCUT2D eigenvalue weighted by molar-refractivity contribution is 5.77. The SMILES string of the molecule is Cc1nc([C@@H]2CCCN2C(=O)CC2CC(C)(C)NC(C)(C)C2)n[nH]1. The first-order valence-electron chi connectivity index (χ1n) is 9.13. The van der Waals surface area contributed by atoms with Crippen molar-refractivity contribution in [3.05, 3.63) is 11.6 Å². The minimum atomic E-state index is 0.0465. The number of carbonyl (C=O) groups excluding carboxylic acids is 1. The van der Waals surface area contributed by atoms with E-state index in [1.54, 1.807) is 0 Å². The van der Waals surface area contributed by atoms with Gasteiger partial charge in [0.2, 0.25) is 5.91 Å². The van der Waals surface area contributed by atoms with E-state index in [4.69, 9.17) is 0 Å². The number of piperidine rings is 1. The largest absolute Gasteiger partial charge is 0.332 e. The summed E-state index contributed by atoms with van der Waals surface area (Å²) >= 11 is 0. The van der Waals surface area contributed by atoms with Gasteiger partial charge in [-0.05, 0) is 66.2 Å². The summed E-state index contributed by atoms with van der Waals surface area (Å²) in [6, 6.07) is 0.0465. The topological polar surface area (TPSA) is 73.9 Å². The maximum Gasteiger partial charge on any atom is 0.223 e. The lowest BCUT2D eigenvalue weighted by molar-refractivity contribution is -0.134. The fraction of sp³-hybridized carbons (Fsp3) is 0.833. The molecule has 24 heavy (non-hydrogen) atoms. The van der Waals surface area contributed by atoms with Gasteiger partial charge in [-0.3, -0.25) is 9.89 Å². The third kappa shape index (κ3) is 3.79. The monoisotopic (exact) mass is 333 g/mol. The normalized spacial score (nSPS) is 26.7. The van der Waals surface area contributed by atoms with Crippen molar-refractivity contribution in [3.8, 4) is 0 Å². The Balaban J connectivity index is 1.68. The van der Waals surface area contributed by atoms with Crippen molar-refractivity contribution in [2.75, 3.05) is 6.54 Å². The van der Waals surface area contributed by atoms with Gasteiger partial charge >= 0.3 is 0 Å². The van der Waals surface area contributed by atoms with Crippen molar-refractivity contribution in [3.63, 3.8) is 0 Å². The van der Waals surface area contributed by atoms with Crippen molar-refractivity contribution < 1.29 is 4.79 Å². The van der Waals surface area contributed by atoms with E-state index in [1.807, 2.05) is 11.8 Å². The minimum Gasteiger partial charge on any atom is -0.332 e. The molecule has 0 spiro atoms. The second-order valence-electron chi connectivity index (χ2n) is 8.90. The molecule has 0 unspecified atom stereocenters. The van der Waals surface area contributed by atoms with Crippen LogP contribution in [0.1, 0.15) is 77.5 Å². The van der Waals surface area contributed by atoms with E-state index in [0.29, 0.717) is 12.3 Å². The highest BCUT2D eigenvalue weighted by Gasteiger charge is 2.40. The van der Waals surface area contributed by atoms with Crippen LogP contribution in [0.2, 0.25) is 0 Å². The van der Waals surface area contributed by atoms with Crippen LogP contribution < -0.4 is 5.32 Å². The van der Waals surface area contributed by atoms with Crippen LogP contribution in [-0.4, -0.2) is 43.6 Å². The van der Waals surface area contributed by atoms with E-state index in [1.165, 1.54) is 0 Å². The average Bonchev–Trinajstić information content (AvgIpc) is 3.02. The zero-order chi connectivity index (χ0) is 17.5. The zero-order valence-electron chi connectivity index (χ0n) is 15.6. The number of H-pyrrole nitrogens is 1. The van der Waals surface area contributed by atoms with E-state index >= 15 is 0 Å². The van der Waals surface area contributed by atoms with Crippen LogP contribution in [0.4, 0.5) is 0 Å². The Hall–Kier alpha value is -1.43. The van der Waals surface area contributed by atoms with Crippen molar-refractivity contribution in [2.24, 2.45) is 5.92 Å². The standard InChI is InChI=1S/C18H31N5O/c1-12-19-16(21-20-12)14-7-6-8-23(14)15(24)9-13-10-17(2,3)22-18(4,5)11-13/h13-14,22H,6-11H2,1-5H3,(H,19,20,21)/t14-/m0/s1. The molecule has 1 atom stereocenters. The molecule has 1 amide bonds. The highest BCUT2D eigenvalue weighted by Crippen LogP contribution is 2.37. The summed E-state index contributed by atoms with van der Waals surface area (Å²) in [7, 11) is 0. The summed E-state index contributed by atoms with van der Waals surface area (Å²) in [5.74, 6) is 2.27. The van der Waals surface area contributed by atoms with Crippen LogP contribution >= 0.6 is 0 Å². The molecule has 2 N–H and O–H groups in total. The first-order valence-corrected chi connectivity index (χ1v) is 9.13. The minimum absolute atomic E-state index is 0.0465. The van der Waals surface area contributed by atoms with Crippen molar-refractivity contribution in [1.82, 2.24) is 25.4 Å². The van der Waals surface area contributed by atoms with E-state index in [9.17, 15) is 4.79 Å². The number of aryl methyl sites for hydroxylation is 1. The average molecular weight is 333 g/mol. The second-order valence-corrected chi connectivity index (χ2v) is 8.90. The Morgan fingerprint density at radius 1 is 1.25 bits per heavy atom. The number of rotatable bonds is 3. The van der Waals surface area contributed by atoms with Gasteiger partial charge in [-0.15, -0.1) is 0 Å². The number of hydrogen-bond acceptors (Lipinski definition) is 4. The smallest absolute Gasteiger partial charge is 0.223 e. The van der Waals surface area contributed by atoms with Gasteiger partial charge in [-0.1, -0.05) is 0 Å². The van der Waals surface area contributed by atoms with Crippen molar-refractivity contribution in [2.45, 2.75) is 83.8 Å². The summed E-state index contributed by atoms with van der Waals surface area (Å²) < 4.78 is 0. The van der Waals surface area contributed by atoms with Crippen LogP contribution in [0.3, 0.4) is 0 Å². The summed E-state index contributed by atoms with van der Waals surface area (Å²) in [5.41, 5.74) is 0.163. The first-order chi connectivity index (χ1) is 11.2. The van der Waals surface area contributed by atoms with Crippen molar-refractivity contribution >= 4 is 5.91 Å². The molecule has 6 nitrogen and oxygen atoms in total. The first kappa shape index (κ1) is 17.4. The van der Waals surface area contributed by atoms with Crippen LogP contribution in [-0.2, 0) is 4.79 Å². The van der Waals surface area contributed by atoms with E-state index < -0.39 is 0 Å². The molecule has 6 heteroatoms. The summed E-state index contributed by atoms with van der Waals surface area (Å²) in [6.45, 7) is 11.7. The number of aromatic amines is 1. The molecular formula is C18H31N5O. The van der Waals surface area contributed by atoms with Crippen LogP contribution in [0.25, 0.3) is 0 Å². The molecule has 2 saturated heterocycles. The Kier molecular flexibility index (Phi) is 4.45. The molecule has 2 aliphatic rings. The summed E-state index contributed by atoms with van der Waals surface area (Å²) in [6.07, 6.45) is 4.72.